The molecule has 0 atom stereocenters. The van der Waals surface area contributed by atoms with Crippen molar-refractivity contribution < 1.29 is 19.4 Å². The van der Waals surface area contributed by atoms with Crippen molar-refractivity contribution in [2.75, 3.05) is 13.7 Å². The van der Waals surface area contributed by atoms with E-state index in [1.807, 2.05) is 19.1 Å². The van der Waals surface area contributed by atoms with Crippen molar-refractivity contribution in [3.63, 3.8) is 0 Å². The normalized spacial score (nSPS) is 11.4. The number of fused-ring (bicyclic) bond motifs is 1. The van der Waals surface area contributed by atoms with Crippen molar-refractivity contribution in [2.24, 2.45) is 10.2 Å². The molecule has 0 bridgehead atoms. The number of nitrogens with zero attached hydrogens (tertiary/aromatic N) is 3. The van der Waals surface area contributed by atoms with Gasteiger partial charge in [-0.05, 0) is 49.2 Å². The average molecular weight is 464 g/mol. The van der Waals surface area contributed by atoms with Crippen LogP contribution in [0.2, 0.25) is 10.0 Å². The number of azo groups is 1. The number of halogens is 2. The van der Waals surface area contributed by atoms with Gasteiger partial charge in [-0.1, -0.05) is 30.1 Å². The van der Waals surface area contributed by atoms with Gasteiger partial charge in [-0.25, -0.2) is 0 Å². The summed E-state index contributed by atoms with van der Waals surface area (Å²) >= 11 is 11.9. The standard InChI is InChI=1S/C22H23Cl2N3O4/c1-3-10-27-18-8-7-15(30-2)13-16(18)21(22(27)29)26-25-20(28)5-4-11-31-19-9-6-14(23)12-17(19)24/h6-9,12-13,29H,3-5,10-11H2,1-2H3. The Morgan fingerprint density at radius 3 is 2.71 bits per heavy atom. The SMILES string of the molecule is CCCn1c(O)c(N=NC(=O)CCCOc2ccc(Cl)cc2Cl)c2cc(OC)ccc21. The molecule has 0 fully saturated rings. The molecule has 0 aliphatic heterocycles. The number of methoxy groups -OCH3 is 1. The number of hydrogen-bond donors (Lipinski definition) is 1. The number of aromatic nitrogens is 1. The van der Waals surface area contributed by atoms with Crippen LogP contribution in [0.3, 0.4) is 0 Å². The first-order chi connectivity index (χ1) is 14.9. The van der Waals surface area contributed by atoms with Gasteiger partial charge in [0.05, 0.1) is 24.3 Å². The zero-order chi connectivity index (χ0) is 22.4. The Kier molecular flexibility index (Phi) is 7.76. The number of carbonyl (C=O) groups is 1. The van der Waals surface area contributed by atoms with Crippen LogP contribution in [-0.4, -0.2) is 29.3 Å². The van der Waals surface area contributed by atoms with E-state index in [1.165, 1.54) is 0 Å². The van der Waals surface area contributed by atoms with Crippen molar-refractivity contribution >= 4 is 45.7 Å². The minimum absolute atomic E-state index is 0.0256. The van der Waals surface area contributed by atoms with Gasteiger partial charge in [0.25, 0.3) is 5.91 Å². The van der Waals surface area contributed by atoms with E-state index < -0.39 is 5.91 Å². The third kappa shape index (κ3) is 5.48. The Labute approximate surface area is 190 Å². The lowest BCUT2D eigenvalue weighted by Crippen LogP contribution is -2.01. The van der Waals surface area contributed by atoms with E-state index in [-0.39, 0.29) is 18.0 Å². The van der Waals surface area contributed by atoms with Gasteiger partial charge >= 0.3 is 0 Å². The van der Waals surface area contributed by atoms with E-state index in [0.29, 0.717) is 46.5 Å². The predicted octanol–water partition coefficient (Wildman–Crippen LogP) is 6.54. The zero-order valence-corrected chi connectivity index (χ0v) is 18.8. The molecule has 1 amide bonds. The highest BCUT2D eigenvalue weighted by Gasteiger charge is 2.17. The Balaban J connectivity index is 1.66. The maximum Gasteiger partial charge on any atom is 0.264 e. The molecule has 0 spiro atoms. The molecule has 1 N–H and O–H groups in total. The van der Waals surface area contributed by atoms with Crippen LogP contribution in [0.5, 0.6) is 17.4 Å². The molecule has 0 aliphatic carbocycles. The van der Waals surface area contributed by atoms with Crippen LogP contribution in [-0.2, 0) is 11.3 Å². The number of amides is 1. The molecular formula is C22H23Cl2N3O4. The number of aryl methyl sites for hydroxylation is 1. The Morgan fingerprint density at radius 1 is 1.19 bits per heavy atom. The molecule has 9 heteroatoms. The van der Waals surface area contributed by atoms with Crippen LogP contribution in [0.1, 0.15) is 26.2 Å². The number of benzene rings is 2. The third-order valence-corrected chi connectivity index (χ3v) is 5.14. The van der Waals surface area contributed by atoms with Gasteiger partial charge in [-0.2, -0.15) is 0 Å². The molecule has 1 aromatic heterocycles. The van der Waals surface area contributed by atoms with Crippen molar-refractivity contribution in [2.45, 2.75) is 32.7 Å². The minimum atomic E-state index is -0.413. The first kappa shape index (κ1) is 22.9. The van der Waals surface area contributed by atoms with Gasteiger partial charge in [0.15, 0.2) is 5.69 Å². The molecule has 31 heavy (non-hydrogen) atoms. The van der Waals surface area contributed by atoms with Crippen LogP contribution < -0.4 is 9.47 Å². The maximum atomic E-state index is 12.2. The lowest BCUT2D eigenvalue weighted by molar-refractivity contribution is -0.118. The summed E-state index contributed by atoms with van der Waals surface area (Å²) in [4.78, 5) is 12.2. The molecule has 0 saturated heterocycles. The summed E-state index contributed by atoms with van der Waals surface area (Å²) in [5.41, 5.74) is 1.05. The highest BCUT2D eigenvalue weighted by Crippen LogP contribution is 2.40. The molecule has 3 aromatic rings. The van der Waals surface area contributed by atoms with Crippen LogP contribution in [0, 0.1) is 0 Å². The van der Waals surface area contributed by atoms with Crippen molar-refractivity contribution in [3.05, 3.63) is 46.4 Å². The topological polar surface area (TPSA) is 85.4 Å². The Hall–Kier alpha value is -2.77. The number of rotatable bonds is 9. The van der Waals surface area contributed by atoms with Gasteiger partial charge in [0.1, 0.15) is 11.5 Å². The summed E-state index contributed by atoms with van der Waals surface area (Å²) in [6.45, 7) is 2.92. The third-order valence-electron chi connectivity index (χ3n) is 4.61. The Morgan fingerprint density at radius 2 is 2.00 bits per heavy atom. The quantitative estimate of drug-likeness (QED) is 0.288. The van der Waals surface area contributed by atoms with Crippen molar-refractivity contribution in [1.82, 2.24) is 4.57 Å². The fraction of sp³-hybridized carbons (Fsp3) is 0.318. The second kappa shape index (κ2) is 10.5. The molecule has 0 aliphatic rings. The highest BCUT2D eigenvalue weighted by molar-refractivity contribution is 6.35. The van der Waals surface area contributed by atoms with Gasteiger partial charge in [0, 0.05) is 23.4 Å². The van der Waals surface area contributed by atoms with E-state index in [0.717, 1.165) is 11.9 Å². The lowest BCUT2D eigenvalue weighted by atomic mass is 10.2. The minimum Gasteiger partial charge on any atom is -0.497 e. The summed E-state index contributed by atoms with van der Waals surface area (Å²) in [6.07, 6.45) is 1.41. The van der Waals surface area contributed by atoms with Crippen LogP contribution in [0.25, 0.3) is 10.9 Å². The maximum absolute atomic E-state index is 12.2. The Bertz CT molecular complexity index is 1110. The van der Waals surface area contributed by atoms with Crippen LogP contribution in [0.15, 0.2) is 46.6 Å². The van der Waals surface area contributed by atoms with Crippen molar-refractivity contribution in [3.8, 4) is 17.4 Å². The first-order valence-electron chi connectivity index (χ1n) is 9.86. The summed E-state index contributed by atoms with van der Waals surface area (Å²) < 4.78 is 12.6. The smallest absolute Gasteiger partial charge is 0.264 e. The second-order valence-corrected chi connectivity index (χ2v) is 7.67. The van der Waals surface area contributed by atoms with Gasteiger partial charge in [0.2, 0.25) is 5.88 Å². The summed E-state index contributed by atoms with van der Waals surface area (Å²) in [6, 6.07) is 10.4. The van der Waals surface area contributed by atoms with Gasteiger partial charge < -0.3 is 19.1 Å². The fourth-order valence-corrected chi connectivity index (χ4v) is 3.59. The number of aromatic hydroxyl groups is 1. The molecular weight excluding hydrogens is 441 g/mol. The van der Waals surface area contributed by atoms with Crippen molar-refractivity contribution in [1.29, 1.82) is 0 Å². The summed E-state index contributed by atoms with van der Waals surface area (Å²) in [5, 5.41) is 20.0. The molecule has 0 unspecified atom stereocenters. The average Bonchev–Trinajstić information content (AvgIpc) is 3.01. The zero-order valence-electron chi connectivity index (χ0n) is 17.3. The molecule has 164 valence electrons. The number of ether oxygens (including phenoxy) is 2. The second-order valence-electron chi connectivity index (χ2n) is 6.83. The van der Waals surface area contributed by atoms with E-state index >= 15 is 0 Å². The monoisotopic (exact) mass is 463 g/mol. The molecule has 7 nitrogen and oxygen atoms in total. The van der Waals surface area contributed by atoms with E-state index in [1.54, 1.807) is 35.9 Å². The molecule has 3 rings (SSSR count). The number of carbonyl (C=O) groups excluding carboxylic acids is 1. The van der Waals surface area contributed by atoms with E-state index in [4.69, 9.17) is 32.7 Å². The van der Waals surface area contributed by atoms with E-state index in [2.05, 4.69) is 10.2 Å². The molecule has 0 radical (unpaired) electrons. The summed E-state index contributed by atoms with van der Waals surface area (Å²) in [7, 11) is 1.56. The molecule has 1 heterocycles. The van der Waals surface area contributed by atoms with Crippen LogP contribution in [0.4, 0.5) is 5.69 Å². The highest BCUT2D eigenvalue weighted by atomic mass is 35.5. The fourth-order valence-electron chi connectivity index (χ4n) is 3.13. The van der Waals surface area contributed by atoms with E-state index in [9.17, 15) is 9.90 Å². The van der Waals surface area contributed by atoms with Crippen LogP contribution >= 0.6 is 23.2 Å². The summed E-state index contributed by atoms with van der Waals surface area (Å²) in [5.74, 6) is 0.691. The first-order valence-corrected chi connectivity index (χ1v) is 10.6. The van der Waals surface area contributed by atoms with Gasteiger partial charge in [-0.15, -0.1) is 10.2 Å². The predicted molar refractivity (Wildman–Crippen MR) is 121 cm³/mol. The molecule has 0 saturated carbocycles. The molecule has 2 aromatic carbocycles. The number of hydrogen-bond acceptors (Lipinski definition) is 5. The largest absolute Gasteiger partial charge is 0.497 e. The van der Waals surface area contributed by atoms with Gasteiger partial charge in [-0.3, -0.25) is 4.79 Å². The lowest BCUT2D eigenvalue weighted by Gasteiger charge is -2.07.